The Morgan fingerprint density at radius 1 is 1.13 bits per heavy atom. The third kappa shape index (κ3) is 4.03. The first-order valence-corrected chi connectivity index (χ1v) is 10.1. The maximum atomic E-state index is 12.9. The molecule has 2 aliphatic rings. The Balaban J connectivity index is 1.61. The quantitative estimate of drug-likeness (QED) is 0.560. The molecule has 0 radical (unpaired) electrons. The molecular weight excluding hydrogens is 402 g/mol. The van der Waals surface area contributed by atoms with Crippen LogP contribution in [0.1, 0.15) is 35.2 Å². The molecule has 1 fully saturated rings. The highest BCUT2D eigenvalue weighted by Crippen LogP contribution is 2.37. The van der Waals surface area contributed by atoms with Gasteiger partial charge in [-0.05, 0) is 49.4 Å². The molecule has 4 rings (SSSR count). The minimum atomic E-state index is -0.634. The third-order valence-corrected chi connectivity index (χ3v) is 5.59. The fourth-order valence-electron chi connectivity index (χ4n) is 3.85. The van der Waals surface area contributed by atoms with Gasteiger partial charge >= 0.3 is 0 Å². The maximum absolute atomic E-state index is 12.9. The number of carbonyl (C=O) groups is 2. The first kappa shape index (κ1) is 20.6. The van der Waals surface area contributed by atoms with Crippen LogP contribution in [-0.4, -0.2) is 37.5 Å². The summed E-state index contributed by atoms with van der Waals surface area (Å²) in [6.07, 6.45) is 3.54. The number of amides is 2. The number of hydrogen-bond donors (Lipinski definition) is 1. The number of nitrogens with one attached hydrogen (secondary N) is 1. The molecule has 0 atom stereocenters. The highest BCUT2D eigenvalue weighted by atomic mass is 16.6. The molecule has 1 N–H and O–H groups in total. The maximum Gasteiger partial charge on any atom is 0.286 e. The van der Waals surface area contributed by atoms with Crippen molar-refractivity contribution in [2.75, 3.05) is 31.0 Å². The van der Waals surface area contributed by atoms with Crippen molar-refractivity contribution >= 4 is 28.9 Å². The van der Waals surface area contributed by atoms with Crippen LogP contribution in [-0.2, 0) is 11.2 Å². The fraction of sp³-hybridized carbons (Fsp3) is 0.364. The summed E-state index contributed by atoms with van der Waals surface area (Å²) in [5.74, 6) is 0.0572. The van der Waals surface area contributed by atoms with Crippen molar-refractivity contribution < 1.29 is 24.0 Å². The number of carbonyl (C=O) groups excluding carboxylic acids is 2. The number of nitro groups is 1. The largest absolute Gasteiger partial charge is 0.493 e. The second-order valence-corrected chi connectivity index (χ2v) is 7.65. The van der Waals surface area contributed by atoms with E-state index >= 15 is 0 Å². The summed E-state index contributed by atoms with van der Waals surface area (Å²) in [6, 6.07) is 7.82. The lowest BCUT2D eigenvalue weighted by Gasteiger charge is -2.30. The zero-order valence-corrected chi connectivity index (χ0v) is 17.3. The van der Waals surface area contributed by atoms with E-state index in [0.29, 0.717) is 12.2 Å². The van der Waals surface area contributed by atoms with Gasteiger partial charge in [-0.15, -0.1) is 0 Å². The van der Waals surface area contributed by atoms with Crippen LogP contribution in [0, 0.1) is 16.0 Å². The van der Waals surface area contributed by atoms with Crippen molar-refractivity contribution in [1.82, 2.24) is 0 Å². The number of benzene rings is 2. The van der Waals surface area contributed by atoms with Crippen molar-refractivity contribution in [1.29, 1.82) is 0 Å². The number of rotatable bonds is 6. The average Bonchev–Trinajstić information content (AvgIpc) is 3.62. The number of methoxy groups -OCH3 is 2. The van der Waals surface area contributed by atoms with E-state index in [9.17, 15) is 19.7 Å². The Hall–Kier alpha value is -3.62. The topological polar surface area (TPSA) is 111 Å². The molecule has 0 spiro atoms. The van der Waals surface area contributed by atoms with Gasteiger partial charge in [0.2, 0.25) is 5.91 Å². The second-order valence-electron chi connectivity index (χ2n) is 7.65. The molecule has 0 saturated heterocycles. The first-order valence-electron chi connectivity index (χ1n) is 10.1. The van der Waals surface area contributed by atoms with Gasteiger partial charge in [0.15, 0.2) is 11.5 Å². The van der Waals surface area contributed by atoms with Gasteiger partial charge in [-0.25, -0.2) is 0 Å². The minimum absolute atomic E-state index is 0.133. The molecule has 2 amide bonds. The van der Waals surface area contributed by atoms with Gasteiger partial charge in [0.05, 0.1) is 25.2 Å². The number of hydrogen-bond acceptors (Lipinski definition) is 6. The standard InChI is InChI=1S/C22H23N3O6/c1-30-19-11-16(18(25(28)29)12-20(19)31-2)21(26)23-15-7-8-17-14(10-15)4-3-9-24(17)22(27)13-5-6-13/h7-8,10-13H,3-6,9H2,1-2H3,(H,23,26). The molecule has 1 saturated carbocycles. The zero-order valence-electron chi connectivity index (χ0n) is 17.3. The van der Waals surface area contributed by atoms with Crippen molar-refractivity contribution in [3.05, 3.63) is 51.6 Å². The van der Waals surface area contributed by atoms with Crippen LogP contribution >= 0.6 is 0 Å². The van der Waals surface area contributed by atoms with E-state index in [-0.39, 0.29) is 34.6 Å². The summed E-state index contributed by atoms with van der Waals surface area (Å²) < 4.78 is 10.3. The van der Waals surface area contributed by atoms with E-state index in [0.717, 1.165) is 36.9 Å². The summed E-state index contributed by atoms with van der Waals surface area (Å²) in [5, 5.41) is 14.2. The summed E-state index contributed by atoms with van der Waals surface area (Å²) in [7, 11) is 2.76. The van der Waals surface area contributed by atoms with Gasteiger partial charge in [0.1, 0.15) is 5.56 Å². The number of ether oxygens (including phenoxy) is 2. The molecule has 1 aliphatic carbocycles. The predicted octanol–water partition coefficient (Wildman–Crippen LogP) is 3.55. The Labute approximate surface area is 179 Å². The van der Waals surface area contributed by atoms with Gasteiger partial charge in [-0.2, -0.15) is 0 Å². The molecule has 2 aromatic carbocycles. The number of fused-ring (bicyclic) bond motifs is 1. The number of anilines is 2. The fourth-order valence-corrected chi connectivity index (χ4v) is 3.85. The van der Waals surface area contributed by atoms with E-state index in [1.807, 2.05) is 17.0 Å². The summed E-state index contributed by atoms with van der Waals surface area (Å²) in [5.41, 5.74) is 1.84. The third-order valence-electron chi connectivity index (χ3n) is 5.59. The molecule has 9 heteroatoms. The number of aryl methyl sites for hydroxylation is 1. The average molecular weight is 425 g/mol. The highest BCUT2D eigenvalue weighted by molar-refractivity contribution is 6.08. The van der Waals surface area contributed by atoms with Crippen LogP contribution in [0.5, 0.6) is 11.5 Å². The van der Waals surface area contributed by atoms with Crippen molar-refractivity contribution in [2.24, 2.45) is 5.92 Å². The molecular formula is C22H23N3O6. The molecule has 0 bridgehead atoms. The lowest BCUT2D eigenvalue weighted by Crippen LogP contribution is -2.36. The summed E-state index contributed by atoms with van der Waals surface area (Å²) >= 11 is 0. The monoisotopic (exact) mass is 425 g/mol. The van der Waals surface area contributed by atoms with Crippen LogP contribution in [0.3, 0.4) is 0 Å². The molecule has 0 unspecified atom stereocenters. The first-order chi connectivity index (χ1) is 14.9. The van der Waals surface area contributed by atoms with Gasteiger partial charge in [-0.1, -0.05) is 0 Å². The van der Waals surface area contributed by atoms with Gasteiger partial charge in [0.25, 0.3) is 11.6 Å². The van der Waals surface area contributed by atoms with Crippen molar-refractivity contribution in [2.45, 2.75) is 25.7 Å². The smallest absolute Gasteiger partial charge is 0.286 e. The lowest BCUT2D eigenvalue weighted by atomic mass is 10.00. The Morgan fingerprint density at radius 2 is 1.84 bits per heavy atom. The van der Waals surface area contributed by atoms with Gasteiger partial charge in [0, 0.05) is 29.9 Å². The molecule has 31 heavy (non-hydrogen) atoms. The van der Waals surface area contributed by atoms with Crippen LogP contribution < -0.4 is 19.7 Å². The SMILES string of the molecule is COc1cc(C(=O)Nc2ccc3c(c2)CCCN3C(=O)C2CC2)c([N+](=O)[O-])cc1OC. The number of nitrogens with zero attached hydrogens (tertiary/aromatic N) is 2. The van der Waals surface area contributed by atoms with Crippen LogP contribution in [0.25, 0.3) is 0 Å². The Bertz CT molecular complexity index is 1060. The molecule has 0 aromatic heterocycles. The molecule has 1 heterocycles. The van der Waals surface area contributed by atoms with Gasteiger partial charge < -0.3 is 19.7 Å². The van der Waals surface area contributed by atoms with Crippen molar-refractivity contribution in [3.63, 3.8) is 0 Å². The molecule has 162 valence electrons. The van der Waals surface area contributed by atoms with Crippen LogP contribution in [0.2, 0.25) is 0 Å². The predicted molar refractivity (Wildman–Crippen MR) is 114 cm³/mol. The summed E-state index contributed by atoms with van der Waals surface area (Å²) in [4.78, 5) is 38.1. The molecule has 9 nitrogen and oxygen atoms in total. The van der Waals surface area contributed by atoms with E-state index in [1.165, 1.54) is 26.4 Å². The number of nitro benzene ring substituents is 1. The van der Waals surface area contributed by atoms with Crippen LogP contribution in [0.4, 0.5) is 17.1 Å². The van der Waals surface area contributed by atoms with Gasteiger partial charge in [-0.3, -0.25) is 19.7 Å². The molecule has 2 aromatic rings. The Morgan fingerprint density at radius 3 is 2.48 bits per heavy atom. The zero-order chi connectivity index (χ0) is 22.1. The lowest BCUT2D eigenvalue weighted by molar-refractivity contribution is -0.385. The highest BCUT2D eigenvalue weighted by Gasteiger charge is 2.35. The van der Waals surface area contributed by atoms with E-state index in [4.69, 9.17) is 9.47 Å². The van der Waals surface area contributed by atoms with E-state index in [1.54, 1.807) is 6.07 Å². The van der Waals surface area contributed by atoms with Crippen LogP contribution in [0.15, 0.2) is 30.3 Å². The summed E-state index contributed by atoms with van der Waals surface area (Å²) in [6.45, 7) is 0.700. The van der Waals surface area contributed by atoms with E-state index < -0.39 is 10.8 Å². The normalized spacial score (nSPS) is 15.1. The minimum Gasteiger partial charge on any atom is -0.493 e. The Kier molecular flexibility index (Phi) is 5.50. The van der Waals surface area contributed by atoms with Crippen molar-refractivity contribution in [3.8, 4) is 11.5 Å². The van der Waals surface area contributed by atoms with E-state index in [2.05, 4.69) is 5.32 Å². The second kappa shape index (κ2) is 8.25. The molecule has 1 aliphatic heterocycles.